The molecule has 2 fully saturated rings. The molecule has 5 rings (SSSR count). The lowest BCUT2D eigenvalue weighted by molar-refractivity contribution is -0.162. The molecule has 5 heteroatoms. The van der Waals surface area contributed by atoms with Gasteiger partial charge >= 0.3 is 6.09 Å². The Balaban J connectivity index is 1.37. The molecule has 1 N–H and O–H groups in total. The van der Waals surface area contributed by atoms with Crippen molar-refractivity contribution in [3.63, 3.8) is 0 Å². The van der Waals surface area contributed by atoms with Gasteiger partial charge in [-0.25, -0.2) is 9.18 Å². The van der Waals surface area contributed by atoms with E-state index in [9.17, 15) is 9.18 Å². The van der Waals surface area contributed by atoms with Crippen LogP contribution in [0.4, 0.5) is 14.9 Å². The molecule has 1 aliphatic heterocycles. The predicted octanol–water partition coefficient (Wildman–Crippen LogP) is 7.37. The third-order valence-electron chi connectivity index (χ3n) is 8.84. The maximum atomic E-state index is 13.1. The second-order valence-corrected chi connectivity index (χ2v) is 11.4. The zero-order valence-electron chi connectivity index (χ0n) is 20.0. The average molecular weight is 452 g/mol. The van der Waals surface area contributed by atoms with Crippen LogP contribution in [-0.2, 0) is 6.42 Å². The Morgan fingerprint density at radius 3 is 2.55 bits per heavy atom. The summed E-state index contributed by atoms with van der Waals surface area (Å²) in [5, 5.41) is 2.64. The highest BCUT2D eigenvalue weighted by Gasteiger charge is 2.60. The number of amides is 1. The molecular weight excluding hydrogens is 417 g/mol. The highest BCUT2D eigenvalue weighted by Crippen LogP contribution is 2.64. The SMILES string of the molecule is CC1(C)CCC[C@@]2(C)C1CC[C@@]1(C)Oc3ccc(OC(=O)Nc4ccc(F)cc4)cc3C[C@@H]12. The quantitative estimate of drug-likeness (QED) is 0.518. The first kappa shape index (κ1) is 22.2. The van der Waals surface area contributed by atoms with Crippen molar-refractivity contribution in [2.24, 2.45) is 22.7 Å². The smallest absolute Gasteiger partial charge is 0.417 e. The topological polar surface area (TPSA) is 47.6 Å². The summed E-state index contributed by atoms with van der Waals surface area (Å²) in [6.07, 6.45) is 6.46. The van der Waals surface area contributed by atoms with E-state index in [1.165, 1.54) is 49.9 Å². The summed E-state index contributed by atoms with van der Waals surface area (Å²) in [5.41, 5.74) is 2.03. The lowest BCUT2D eigenvalue weighted by Crippen LogP contribution is -2.61. The number of carbonyl (C=O) groups is 1. The number of fused-ring (bicyclic) bond motifs is 4. The third-order valence-corrected chi connectivity index (χ3v) is 8.84. The van der Waals surface area contributed by atoms with Crippen LogP contribution >= 0.6 is 0 Å². The summed E-state index contributed by atoms with van der Waals surface area (Å²) in [6.45, 7) is 9.68. The van der Waals surface area contributed by atoms with Gasteiger partial charge in [-0.3, -0.25) is 5.32 Å². The number of carbonyl (C=O) groups excluding carboxylic acids is 1. The molecule has 2 aromatic carbocycles. The van der Waals surface area contributed by atoms with E-state index in [1.807, 2.05) is 12.1 Å². The minimum atomic E-state index is -0.596. The molecule has 1 heterocycles. The van der Waals surface area contributed by atoms with E-state index < -0.39 is 6.09 Å². The standard InChI is InChI=1S/C28H34FNO3/c1-26(2)13-5-14-27(3)23(26)12-15-28(4)24(27)17-18-16-21(10-11-22(18)33-28)32-25(31)30-20-8-6-19(29)7-9-20/h6-11,16,23-24H,5,12-15,17H2,1-4H3,(H,30,31)/t23?,24-,27+,28-/m1/s1. The summed E-state index contributed by atoms with van der Waals surface area (Å²) >= 11 is 0. The zero-order chi connectivity index (χ0) is 23.4. The monoisotopic (exact) mass is 451 g/mol. The van der Waals surface area contributed by atoms with Gasteiger partial charge in [-0.05, 0) is 104 Å². The minimum Gasteiger partial charge on any atom is -0.487 e. The Bertz CT molecular complexity index is 1070. The van der Waals surface area contributed by atoms with Crippen molar-refractivity contribution in [2.75, 3.05) is 5.32 Å². The van der Waals surface area contributed by atoms with Gasteiger partial charge in [-0.1, -0.05) is 27.2 Å². The molecule has 0 bridgehead atoms. The van der Waals surface area contributed by atoms with E-state index in [-0.39, 0.29) is 16.8 Å². The van der Waals surface area contributed by atoms with Gasteiger partial charge < -0.3 is 9.47 Å². The molecule has 0 saturated heterocycles. The second kappa shape index (κ2) is 7.75. The highest BCUT2D eigenvalue weighted by molar-refractivity contribution is 5.86. The van der Waals surface area contributed by atoms with Gasteiger partial charge in [-0.2, -0.15) is 0 Å². The number of nitrogens with one attached hydrogen (secondary N) is 1. The molecule has 3 aliphatic rings. The molecule has 2 saturated carbocycles. The van der Waals surface area contributed by atoms with Crippen LogP contribution in [-0.4, -0.2) is 11.7 Å². The molecule has 0 aromatic heterocycles. The van der Waals surface area contributed by atoms with Crippen LogP contribution in [0.5, 0.6) is 11.5 Å². The Kier molecular flexibility index (Phi) is 5.22. The third kappa shape index (κ3) is 3.89. The van der Waals surface area contributed by atoms with Crippen molar-refractivity contribution in [2.45, 2.75) is 71.8 Å². The maximum Gasteiger partial charge on any atom is 0.417 e. The van der Waals surface area contributed by atoms with E-state index in [4.69, 9.17) is 9.47 Å². The molecular formula is C28H34FNO3. The van der Waals surface area contributed by atoms with Crippen LogP contribution in [0, 0.1) is 28.5 Å². The molecule has 0 radical (unpaired) electrons. The summed E-state index contributed by atoms with van der Waals surface area (Å²) in [6, 6.07) is 11.3. The molecule has 1 amide bonds. The van der Waals surface area contributed by atoms with Crippen molar-refractivity contribution in [1.82, 2.24) is 0 Å². The highest BCUT2D eigenvalue weighted by atomic mass is 19.1. The van der Waals surface area contributed by atoms with Crippen LogP contribution < -0.4 is 14.8 Å². The first-order valence-corrected chi connectivity index (χ1v) is 12.2. The maximum absolute atomic E-state index is 13.1. The number of anilines is 1. The largest absolute Gasteiger partial charge is 0.487 e. The van der Waals surface area contributed by atoms with Gasteiger partial charge in [0, 0.05) is 11.6 Å². The van der Waals surface area contributed by atoms with E-state index in [1.54, 1.807) is 6.07 Å². The van der Waals surface area contributed by atoms with Crippen molar-refractivity contribution in [1.29, 1.82) is 0 Å². The number of benzene rings is 2. The molecule has 4 nitrogen and oxygen atoms in total. The minimum absolute atomic E-state index is 0.159. The summed E-state index contributed by atoms with van der Waals surface area (Å²) in [7, 11) is 0. The summed E-state index contributed by atoms with van der Waals surface area (Å²) in [4.78, 5) is 12.4. The fourth-order valence-electron chi connectivity index (χ4n) is 7.31. The Morgan fingerprint density at radius 2 is 1.79 bits per heavy atom. The van der Waals surface area contributed by atoms with Crippen molar-refractivity contribution in [3.05, 3.63) is 53.8 Å². The molecule has 2 aromatic rings. The first-order valence-electron chi connectivity index (χ1n) is 12.2. The van der Waals surface area contributed by atoms with E-state index >= 15 is 0 Å². The van der Waals surface area contributed by atoms with Crippen LogP contribution in [0.15, 0.2) is 42.5 Å². The van der Waals surface area contributed by atoms with Gasteiger partial charge in [0.25, 0.3) is 0 Å². The molecule has 176 valence electrons. The number of halogens is 1. The molecule has 1 unspecified atom stereocenters. The first-order chi connectivity index (χ1) is 15.6. The Hall–Kier alpha value is -2.56. The Labute approximate surface area is 195 Å². The van der Waals surface area contributed by atoms with E-state index in [0.29, 0.717) is 28.7 Å². The van der Waals surface area contributed by atoms with Crippen LogP contribution in [0.2, 0.25) is 0 Å². The van der Waals surface area contributed by atoms with Crippen LogP contribution in [0.1, 0.15) is 65.4 Å². The number of hydrogen-bond donors (Lipinski definition) is 1. The van der Waals surface area contributed by atoms with Gasteiger partial charge in [0.1, 0.15) is 22.9 Å². The zero-order valence-corrected chi connectivity index (χ0v) is 20.0. The van der Waals surface area contributed by atoms with Crippen molar-refractivity contribution < 1.29 is 18.7 Å². The lowest BCUT2D eigenvalue weighted by atomic mass is 9.44. The molecule has 0 spiro atoms. The van der Waals surface area contributed by atoms with Crippen molar-refractivity contribution >= 4 is 11.8 Å². The fourth-order valence-corrected chi connectivity index (χ4v) is 7.31. The predicted molar refractivity (Wildman–Crippen MR) is 127 cm³/mol. The van der Waals surface area contributed by atoms with Gasteiger partial charge in [-0.15, -0.1) is 0 Å². The normalized spacial score (nSPS) is 31.9. The van der Waals surface area contributed by atoms with Crippen LogP contribution in [0.3, 0.4) is 0 Å². The van der Waals surface area contributed by atoms with Gasteiger partial charge in [0.2, 0.25) is 0 Å². The summed E-state index contributed by atoms with van der Waals surface area (Å²) in [5.74, 6) is 2.16. The second-order valence-electron chi connectivity index (χ2n) is 11.4. The average Bonchev–Trinajstić information content (AvgIpc) is 2.74. The number of rotatable bonds is 2. The summed E-state index contributed by atoms with van der Waals surface area (Å²) < 4.78 is 25.3. The fraction of sp³-hybridized carbons (Fsp3) is 0.536. The number of hydrogen-bond acceptors (Lipinski definition) is 3. The molecule has 33 heavy (non-hydrogen) atoms. The lowest BCUT2D eigenvalue weighted by Gasteiger charge is -2.63. The van der Waals surface area contributed by atoms with E-state index in [0.717, 1.165) is 24.2 Å². The van der Waals surface area contributed by atoms with Crippen LogP contribution in [0.25, 0.3) is 0 Å². The van der Waals surface area contributed by atoms with E-state index in [2.05, 4.69) is 33.0 Å². The van der Waals surface area contributed by atoms with Crippen molar-refractivity contribution in [3.8, 4) is 11.5 Å². The number of ether oxygens (including phenoxy) is 2. The molecule has 4 atom stereocenters. The van der Waals surface area contributed by atoms with Gasteiger partial charge in [0.15, 0.2) is 0 Å². The van der Waals surface area contributed by atoms with Gasteiger partial charge in [0.05, 0.1) is 0 Å². The Morgan fingerprint density at radius 1 is 1.03 bits per heavy atom. The molecule has 2 aliphatic carbocycles.